The molecule has 1 atom stereocenters. The van der Waals surface area contributed by atoms with Crippen LogP contribution in [0.1, 0.15) is 12.5 Å². The molecule has 3 rings (SSSR count). The zero-order valence-corrected chi connectivity index (χ0v) is 14.6. The molecule has 0 aliphatic rings. The maximum absolute atomic E-state index is 13.9. The Morgan fingerprint density at radius 1 is 1.24 bits per heavy atom. The van der Waals surface area contributed by atoms with Crippen molar-refractivity contribution in [3.8, 4) is 5.69 Å². The first-order valence-corrected chi connectivity index (χ1v) is 8.61. The fraction of sp³-hybridized carbons (Fsp3) is 0.167. The molecule has 0 saturated carbocycles. The summed E-state index contributed by atoms with van der Waals surface area (Å²) in [5, 5.41) is 10.7. The molecule has 2 aromatic carbocycles. The van der Waals surface area contributed by atoms with Gasteiger partial charge in [0, 0.05) is 5.69 Å². The van der Waals surface area contributed by atoms with E-state index < -0.39 is 11.1 Å². The van der Waals surface area contributed by atoms with Gasteiger partial charge in [-0.2, -0.15) is 0 Å². The van der Waals surface area contributed by atoms with E-state index in [4.69, 9.17) is 0 Å². The number of aromatic nitrogens is 3. The quantitative estimate of drug-likeness (QED) is 0.706. The van der Waals surface area contributed by atoms with Gasteiger partial charge in [0.2, 0.25) is 5.91 Å². The molecule has 1 aromatic heterocycles. The fourth-order valence-electron chi connectivity index (χ4n) is 2.24. The minimum atomic E-state index is -0.465. The number of nitrogens with one attached hydrogen (secondary N) is 1. The van der Waals surface area contributed by atoms with Crippen molar-refractivity contribution in [1.82, 2.24) is 14.8 Å². The van der Waals surface area contributed by atoms with Crippen molar-refractivity contribution in [3.05, 3.63) is 66.2 Å². The second-order valence-electron chi connectivity index (χ2n) is 5.55. The Labute approximate surface area is 149 Å². The lowest BCUT2D eigenvalue weighted by Crippen LogP contribution is -2.23. The monoisotopic (exact) mass is 356 g/mol. The lowest BCUT2D eigenvalue weighted by molar-refractivity contribution is -0.115. The van der Waals surface area contributed by atoms with Crippen LogP contribution in [0, 0.1) is 12.7 Å². The molecule has 25 heavy (non-hydrogen) atoms. The maximum Gasteiger partial charge on any atom is 0.237 e. The third-order valence-corrected chi connectivity index (χ3v) is 4.64. The van der Waals surface area contributed by atoms with Gasteiger partial charge in [-0.15, -0.1) is 10.2 Å². The maximum atomic E-state index is 13.9. The summed E-state index contributed by atoms with van der Waals surface area (Å²) in [5.41, 5.74) is 1.88. The Bertz CT molecular complexity index is 882. The Balaban J connectivity index is 1.71. The molecule has 5 nitrogen and oxygen atoms in total. The van der Waals surface area contributed by atoms with E-state index in [1.54, 1.807) is 36.9 Å². The van der Waals surface area contributed by atoms with Gasteiger partial charge in [-0.1, -0.05) is 36.0 Å². The predicted octanol–water partition coefficient (Wildman–Crippen LogP) is 3.83. The van der Waals surface area contributed by atoms with E-state index in [-0.39, 0.29) is 11.6 Å². The Morgan fingerprint density at radius 3 is 2.72 bits per heavy atom. The van der Waals surface area contributed by atoms with Crippen molar-refractivity contribution >= 4 is 23.4 Å². The Kier molecular flexibility index (Phi) is 5.14. The number of carbonyl (C=O) groups excluding carboxylic acids is 1. The normalized spacial score (nSPS) is 12.0. The molecule has 0 saturated heterocycles. The van der Waals surface area contributed by atoms with Crippen LogP contribution in [0.2, 0.25) is 0 Å². The van der Waals surface area contributed by atoms with Crippen molar-refractivity contribution in [2.24, 2.45) is 0 Å². The number of benzene rings is 2. The number of carbonyl (C=O) groups is 1. The average Bonchev–Trinajstić information content (AvgIpc) is 3.06. The van der Waals surface area contributed by atoms with Crippen molar-refractivity contribution in [3.63, 3.8) is 0 Å². The number of hydrogen-bond acceptors (Lipinski definition) is 4. The topological polar surface area (TPSA) is 59.8 Å². The summed E-state index contributed by atoms with van der Waals surface area (Å²) >= 11 is 1.26. The van der Waals surface area contributed by atoms with E-state index in [0.29, 0.717) is 5.16 Å². The van der Waals surface area contributed by atoms with E-state index in [0.717, 1.165) is 11.3 Å². The first-order chi connectivity index (χ1) is 12.0. The predicted molar refractivity (Wildman–Crippen MR) is 96.4 cm³/mol. The van der Waals surface area contributed by atoms with Crippen LogP contribution in [0.15, 0.2) is 60.0 Å². The van der Waals surface area contributed by atoms with E-state index in [2.05, 4.69) is 15.5 Å². The third kappa shape index (κ3) is 4.06. The van der Waals surface area contributed by atoms with Crippen LogP contribution in [-0.4, -0.2) is 25.9 Å². The van der Waals surface area contributed by atoms with Gasteiger partial charge in [0.15, 0.2) is 5.16 Å². The lowest BCUT2D eigenvalue weighted by atomic mass is 10.2. The number of rotatable bonds is 5. The summed E-state index contributed by atoms with van der Waals surface area (Å²) in [4.78, 5) is 12.4. The molecule has 0 unspecified atom stereocenters. The molecular formula is C18H17FN4OS. The molecule has 0 aliphatic carbocycles. The van der Waals surface area contributed by atoms with Crippen LogP contribution in [0.4, 0.5) is 10.1 Å². The van der Waals surface area contributed by atoms with Crippen molar-refractivity contribution in [1.29, 1.82) is 0 Å². The summed E-state index contributed by atoms with van der Waals surface area (Å²) in [6.45, 7) is 3.54. The summed E-state index contributed by atoms with van der Waals surface area (Å²) in [6, 6.07) is 14.3. The van der Waals surface area contributed by atoms with Gasteiger partial charge in [0.25, 0.3) is 0 Å². The second kappa shape index (κ2) is 7.48. The van der Waals surface area contributed by atoms with Crippen molar-refractivity contribution in [2.75, 3.05) is 5.32 Å². The summed E-state index contributed by atoms with van der Waals surface area (Å²) in [6.07, 6.45) is 1.60. The van der Waals surface area contributed by atoms with Crippen LogP contribution >= 0.6 is 11.8 Å². The first kappa shape index (κ1) is 17.2. The highest BCUT2D eigenvalue weighted by molar-refractivity contribution is 8.00. The Hall–Kier alpha value is -2.67. The Morgan fingerprint density at radius 2 is 2.00 bits per heavy atom. The van der Waals surface area contributed by atoms with Crippen molar-refractivity contribution < 1.29 is 9.18 Å². The number of aryl methyl sites for hydroxylation is 1. The highest BCUT2D eigenvalue weighted by Gasteiger charge is 2.19. The second-order valence-corrected chi connectivity index (χ2v) is 6.86. The van der Waals surface area contributed by atoms with Gasteiger partial charge < -0.3 is 5.32 Å². The molecule has 0 aliphatic heterocycles. The number of para-hydroxylation sites is 1. The van der Waals surface area contributed by atoms with E-state index >= 15 is 0 Å². The molecule has 7 heteroatoms. The molecular weight excluding hydrogens is 339 g/mol. The first-order valence-electron chi connectivity index (χ1n) is 7.73. The number of halogens is 1. The van der Waals surface area contributed by atoms with E-state index in [1.165, 1.54) is 17.8 Å². The largest absolute Gasteiger partial charge is 0.323 e. The van der Waals surface area contributed by atoms with Crippen LogP contribution in [0.25, 0.3) is 5.69 Å². The molecule has 0 spiro atoms. The number of nitrogens with zero attached hydrogens (tertiary/aromatic N) is 3. The smallest absolute Gasteiger partial charge is 0.237 e. The summed E-state index contributed by atoms with van der Waals surface area (Å²) < 4.78 is 15.7. The van der Waals surface area contributed by atoms with Gasteiger partial charge in [-0.25, -0.2) is 4.39 Å². The number of thioether (sulfide) groups is 1. The van der Waals surface area contributed by atoms with Crippen LogP contribution in [-0.2, 0) is 4.79 Å². The SMILES string of the molecule is Cc1ccc(NC(=O)[C@@H](C)Sc2nncn2-c2ccccc2)c(F)c1. The van der Waals surface area contributed by atoms with Crippen molar-refractivity contribution in [2.45, 2.75) is 24.3 Å². The van der Waals surface area contributed by atoms with Gasteiger partial charge in [0.05, 0.1) is 10.9 Å². The van der Waals surface area contributed by atoms with Crippen LogP contribution in [0.3, 0.4) is 0 Å². The van der Waals surface area contributed by atoms with E-state index in [1.807, 2.05) is 30.3 Å². The number of hydrogen-bond donors (Lipinski definition) is 1. The molecule has 1 N–H and O–H groups in total. The molecule has 0 bridgehead atoms. The molecule has 0 radical (unpaired) electrons. The molecule has 0 fully saturated rings. The third-order valence-electron chi connectivity index (χ3n) is 3.58. The van der Waals surface area contributed by atoms with Gasteiger partial charge in [-0.05, 0) is 43.7 Å². The van der Waals surface area contributed by atoms with Gasteiger partial charge in [-0.3, -0.25) is 9.36 Å². The zero-order valence-electron chi connectivity index (χ0n) is 13.8. The van der Waals surface area contributed by atoms with Crippen LogP contribution in [0.5, 0.6) is 0 Å². The minimum absolute atomic E-state index is 0.174. The average molecular weight is 356 g/mol. The zero-order chi connectivity index (χ0) is 17.8. The number of amides is 1. The standard InChI is InChI=1S/C18H17FN4OS/c1-12-8-9-16(15(19)10-12)21-17(24)13(2)25-18-22-20-11-23(18)14-6-4-3-5-7-14/h3-11,13H,1-2H3,(H,21,24)/t13-/m1/s1. The molecule has 3 aromatic rings. The van der Waals surface area contributed by atoms with Gasteiger partial charge >= 0.3 is 0 Å². The number of anilines is 1. The lowest BCUT2D eigenvalue weighted by Gasteiger charge is -2.13. The minimum Gasteiger partial charge on any atom is -0.323 e. The summed E-state index contributed by atoms with van der Waals surface area (Å²) in [7, 11) is 0. The molecule has 1 amide bonds. The molecule has 1 heterocycles. The molecule has 128 valence electrons. The van der Waals surface area contributed by atoms with E-state index in [9.17, 15) is 9.18 Å². The van der Waals surface area contributed by atoms with Gasteiger partial charge in [0.1, 0.15) is 12.1 Å². The highest BCUT2D eigenvalue weighted by Crippen LogP contribution is 2.25. The summed E-state index contributed by atoms with van der Waals surface area (Å²) in [5.74, 6) is -0.742. The highest BCUT2D eigenvalue weighted by atomic mass is 32.2. The fourth-order valence-corrected chi connectivity index (χ4v) is 3.08. The van der Waals surface area contributed by atoms with Crippen LogP contribution < -0.4 is 5.32 Å².